The highest BCUT2D eigenvalue weighted by molar-refractivity contribution is 4.99. The molecule has 0 amide bonds. The SMILES string of the molecule is CN(CC1CCCCO1)C1(CN)CCCC(C)(C)C1. The smallest absolute Gasteiger partial charge is 0.0702 e. The Balaban J connectivity index is 1.98. The van der Waals surface area contributed by atoms with Gasteiger partial charge in [-0.1, -0.05) is 20.3 Å². The normalized spacial score (nSPS) is 35.5. The minimum atomic E-state index is 0.197. The molecule has 1 heterocycles. The Morgan fingerprint density at radius 3 is 2.58 bits per heavy atom. The standard InChI is InChI=1S/C16H32N2O/c1-15(2)8-6-9-16(12-15,13-17)18(3)11-14-7-4-5-10-19-14/h14H,4-13,17H2,1-3H3. The summed E-state index contributed by atoms with van der Waals surface area (Å²) >= 11 is 0. The van der Waals surface area contributed by atoms with Crippen molar-refractivity contribution in [3.63, 3.8) is 0 Å². The molecule has 2 unspecified atom stereocenters. The van der Waals surface area contributed by atoms with Crippen LogP contribution in [-0.4, -0.2) is 43.3 Å². The molecule has 1 aliphatic carbocycles. The minimum absolute atomic E-state index is 0.197. The first-order valence-electron chi connectivity index (χ1n) is 8.00. The van der Waals surface area contributed by atoms with Gasteiger partial charge in [0.15, 0.2) is 0 Å². The van der Waals surface area contributed by atoms with E-state index in [9.17, 15) is 0 Å². The van der Waals surface area contributed by atoms with Crippen LogP contribution in [0, 0.1) is 5.41 Å². The van der Waals surface area contributed by atoms with Crippen LogP contribution in [0.3, 0.4) is 0 Å². The van der Waals surface area contributed by atoms with Crippen LogP contribution in [0.2, 0.25) is 0 Å². The Hall–Kier alpha value is -0.120. The number of rotatable bonds is 4. The molecule has 2 aliphatic rings. The molecular weight excluding hydrogens is 236 g/mol. The van der Waals surface area contributed by atoms with E-state index in [2.05, 4.69) is 25.8 Å². The number of likely N-dealkylation sites (N-methyl/N-ethyl adjacent to an activating group) is 1. The molecule has 1 aliphatic heterocycles. The second kappa shape index (κ2) is 6.11. The van der Waals surface area contributed by atoms with E-state index in [4.69, 9.17) is 10.5 Å². The molecule has 1 saturated carbocycles. The van der Waals surface area contributed by atoms with Gasteiger partial charge < -0.3 is 10.5 Å². The molecule has 0 aromatic carbocycles. The molecule has 0 bridgehead atoms. The summed E-state index contributed by atoms with van der Waals surface area (Å²) in [6, 6.07) is 0. The average Bonchev–Trinajstić information content (AvgIpc) is 2.38. The Morgan fingerprint density at radius 2 is 2.00 bits per heavy atom. The van der Waals surface area contributed by atoms with Gasteiger partial charge in [-0.3, -0.25) is 4.90 Å². The number of hydrogen-bond acceptors (Lipinski definition) is 3. The molecule has 2 fully saturated rings. The maximum Gasteiger partial charge on any atom is 0.0702 e. The van der Waals surface area contributed by atoms with Gasteiger partial charge in [0.1, 0.15) is 0 Å². The molecule has 3 nitrogen and oxygen atoms in total. The highest BCUT2D eigenvalue weighted by Crippen LogP contribution is 2.43. The predicted octanol–water partition coefficient (Wildman–Crippen LogP) is 2.79. The second-order valence-corrected chi connectivity index (χ2v) is 7.49. The first kappa shape index (κ1) is 15.3. The van der Waals surface area contributed by atoms with Crippen LogP contribution in [0.4, 0.5) is 0 Å². The Kier molecular flexibility index (Phi) is 4.91. The lowest BCUT2D eigenvalue weighted by Gasteiger charge is -2.50. The molecule has 0 aromatic rings. The van der Waals surface area contributed by atoms with E-state index in [1.807, 2.05) is 0 Å². The van der Waals surface area contributed by atoms with Crippen LogP contribution in [0.25, 0.3) is 0 Å². The highest BCUT2D eigenvalue weighted by Gasteiger charge is 2.42. The van der Waals surface area contributed by atoms with Crippen LogP contribution in [0.5, 0.6) is 0 Å². The number of nitrogens with zero attached hydrogens (tertiary/aromatic N) is 1. The third-order valence-corrected chi connectivity index (χ3v) is 5.24. The van der Waals surface area contributed by atoms with Crippen molar-refractivity contribution in [1.29, 1.82) is 0 Å². The largest absolute Gasteiger partial charge is 0.377 e. The van der Waals surface area contributed by atoms with E-state index in [0.717, 1.165) is 19.7 Å². The zero-order valence-electron chi connectivity index (χ0n) is 13.1. The summed E-state index contributed by atoms with van der Waals surface area (Å²) < 4.78 is 5.90. The maximum atomic E-state index is 6.18. The van der Waals surface area contributed by atoms with Gasteiger partial charge in [-0.25, -0.2) is 0 Å². The summed E-state index contributed by atoms with van der Waals surface area (Å²) in [6.45, 7) is 7.55. The van der Waals surface area contributed by atoms with Crippen molar-refractivity contribution < 1.29 is 4.74 Å². The summed E-state index contributed by atoms with van der Waals surface area (Å²) in [5.41, 5.74) is 6.81. The van der Waals surface area contributed by atoms with Crippen molar-refractivity contribution in [3.8, 4) is 0 Å². The predicted molar refractivity (Wildman–Crippen MR) is 80.3 cm³/mol. The van der Waals surface area contributed by atoms with Gasteiger partial charge in [-0.15, -0.1) is 0 Å². The molecule has 3 heteroatoms. The van der Waals surface area contributed by atoms with Crippen molar-refractivity contribution >= 4 is 0 Å². The zero-order valence-corrected chi connectivity index (χ0v) is 13.1. The highest BCUT2D eigenvalue weighted by atomic mass is 16.5. The molecule has 2 rings (SSSR count). The summed E-state index contributed by atoms with van der Waals surface area (Å²) in [6.07, 6.45) is 9.30. The van der Waals surface area contributed by atoms with Crippen molar-refractivity contribution in [2.45, 2.75) is 70.4 Å². The lowest BCUT2D eigenvalue weighted by molar-refractivity contribution is -0.0421. The molecule has 19 heavy (non-hydrogen) atoms. The number of ether oxygens (including phenoxy) is 1. The van der Waals surface area contributed by atoms with Gasteiger partial charge in [0.2, 0.25) is 0 Å². The first-order chi connectivity index (χ1) is 8.97. The van der Waals surface area contributed by atoms with Crippen molar-refractivity contribution in [1.82, 2.24) is 4.90 Å². The topological polar surface area (TPSA) is 38.5 Å². The van der Waals surface area contributed by atoms with Crippen LogP contribution < -0.4 is 5.73 Å². The van der Waals surface area contributed by atoms with Crippen molar-refractivity contribution in [2.24, 2.45) is 11.1 Å². The van der Waals surface area contributed by atoms with Crippen LogP contribution >= 0.6 is 0 Å². The van der Waals surface area contributed by atoms with Gasteiger partial charge in [0, 0.05) is 25.2 Å². The summed E-state index contributed by atoms with van der Waals surface area (Å²) in [5.74, 6) is 0. The lowest BCUT2D eigenvalue weighted by Crippen LogP contribution is -2.58. The molecule has 112 valence electrons. The number of nitrogens with two attached hydrogens (primary N) is 1. The molecular formula is C16H32N2O. The Morgan fingerprint density at radius 1 is 1.21 bits per heavy atom. The number of hydrogen-bond donors (Lipinski definition) is 1. The van der Waals surface area contributed by atoms with Gasteiger partial charge in [0.05, 0.1) is 6.10 Å². The summed E-state index contributed by atoms with van der Waals surface area (Å²) in [4.78, 5) is 2.52. The minimum Gasteiger partial charge on any atom is -0.377 e. The molecule has 0 radical (unpaired) electrons. The summed E-state index contributed by atoms with van der Waals surface area (Å²) in [7, 11) is 2.26. The zero-order chi connectivity index (χ0) is 13.9. The molecule has 0 spiro atoms. The van der Waals surface area contributed by atoms with E-state index >= 15 is 0 Å². The average molecular weight is 268 g/mol. The van der Waals surface area contributed by atoms with E-state index in [1.54, 1.807) is 0 Å². The van der Waals surface area contributed by atoms with Gasteiger partial charge >= 0.3 is 0 Å². The third kappa shape index (κ3) is 3.71. The quantitative estimate of drug-likeness (QED) is 0.852. The van der Waals surface area contributed by atoms with E-state index < -0.39 is 0 Å². The fourth-order valence-corrected chi connectivity index (χ4v) is 4.07. The van der Waals surface area contributed by atoms with Gasteiger partial charge in [0.25, 0.3) is 0 Å². The third-order valence-electron chi connectivity index (χ3n) is 5.24. The molecule has 1 saturated heterocycles. The molecule has 0 aromatic heterocycles. The molecule has 2 atom stereocenters. The lowest BCUT2D eigenvalue weighted by atomic mass is 9.67. The van der Waals surface area contributed by atoms with Gasteiger partial charge in [-0.2, -0.15) is 0 Å². The Labute approximate surface area is 118 Å². The fraction of sp³-hybridized carbons (Fsp3) is 1.00. The fourth-order valence-electron chi connectivity index (χ4n) is 4.07. The van der Waals surface area contributed by atoms with Crippen molar-refractivity contribution in [3.05, 3.63) is 0 Å². The Bertz CT molecular complexity index is 286. The monoisotopic (exact) mass is 268 g/mol. The maximum absolute atomic E-state index is 6.18. The van der Waals surface area contributed by atoms with Crippen molar-refractivity contribution in [2.75, 3.05) is 26.7 Å². The van der Waals surface area contributed by atoms with Crippen LogP contribution in [0.15, 0.2) is 0 Å². The van der Waals surface area contributed by atoms with Gasteiger partial charge in [-0.05, 0) is 51.0 Å². The van der Waals surface area contributed by atoms with E-state index in [-0.39, 0.29) is 5.54 Å². The molecule has 2 N–H and O–H groups in total. The van der Waals surface area contributed by atoms with Crippen LogP contribution in [0.1, 0.15) is 58.8 Å². The van der Waals surface area contributed by atoms with E-state index in [0.29, 0.717) is 11.5 Å². The summed E-state index contributed by atoms with van der Waals surface area (Å²) in [5, 5.41) is 0. The second-order valence-electron chi connectivity index (χ2n) is 7.49. The van der Waals surface area contributed by atoms with E-state index in [1.165, 1.54) is 44.9 Å². The van der Waals surface area contributed by atoms with Crippen LogP contribution in [-0.2, 0) is 4.74 Å². The first-order valence-corrected chi connectivity index (χ1v) is 8.00.